The van der Waals surface area contributed by atoms with Gasteiger partial charge in [-0.3, -0.25) is 19.5 Å². The van der Waals surface area contributed by atoms with Gasteiger partial charge in [-0.2, -0.15) is 0 Å². The fourth-order valence-electron chi connectivity index (χ4n) is 6.38. The molecule has 2 aliphatic heterocycles. The third-order valence-electron chi connectivity index (χ3n) is 8.09. The molecule has 37 heavy (non-hydrogen) atoms. The number of hydrogen-bond donors (Lipinski definition) is 3. The minimum atomic E-state index is -3.03. The quantitative estimate of drug-likeness (QED) is 0.265. The van der Waals surface area contributed by atoms with Crippen molar-refractivity contribution in [3.8, 4) is 0 Å². The summed E-state index contributed by atoms with van der Waals surface area (Å²) in [6.45, 7) is 1.53. The Morgan fingerprint density at radius 1 is 1.14 bits per heavy atom. The summed E-state index contributed by atoms with van der Waals surface area (Å²) in [7, 11) is 0. The summed E-state index contributed by atoms with van der Waals surface area (Å²) >= 11 is 0. The molecular formula is C24H18F4N6O3. The Morgan fingerprint density at radius 3 is 2.49 bits per heavy atom. The summed E-state index contributed by atoms with van der Waals surface area (Å²) in [4.78, 5) is 39.8. The highest BCUT2D eigenvalue weighted by Gasteiger charge is 2.81. The molecule has 4 atom stereocenters. The Kier molecular flexibility index (Phi) is 4.10. The van der Waals surface area contributed by atoms with E-state index in [4.69, 9.17) is 0 Å². The average Bonchev–Trinajstić information content (AvgIpc) is 3.39. The van der Waals surface area contributed by atoms with Gasteiger partial charge in [-0.1, -0.05) is 5.21 Å². The fourth-order valence-corrected chi connectivity index (χ4v) is 6.38. The summed E-state index contributed by atoms with van der Waals surface area (Å²) in [5, 5.41) is 14.7. The number of halogens is 4. The number of carbonyl (C=O) groups excluding carboxylic acids is 3. The molecule has 4 heterocycles. The van der Waals surface area contributed by atoms with Gasteiger partial charge in [0, 0.05) is 48.4 Å². The lowest BCUT2D eigenvalue weighted by atomic mass is 9.71. The van der Waals surface area contributed by atoms with Crippen molar-refractivity contribution in [2.75, 3.05) is 5.32 Å². The van der Waals surface area contributed by atoms with Gasteiger partial charge >= 0.3 is 0 Å². The van der Waals surface area contributed by atoms with Crippen molar-refractivity contribution in [1.29, 1.82) is 0 Å². The second-order valence-electron chi connectivity index (χ2n) is 10.3. The Labute approximate surface area is 205 Å². The maximum Gasteiger partial charge on any atom is 0.293 e. The number of amides is 2. The number of benzene rings is 1. The summed E-state index contributed by atoms with van der Waals surface area (Å²) in [5.41, 5.74) is -0.331. The molecule has 2 unspecified atom stereocenters. The van der Waals surface area contributed by atoms with Crippen LogP contribution in [0.2, 0.25) is 0 Å². The average molecular weight is 514 g/mol. The highest BCUT2D eigenvalue weighted by molar-refractivity contribution is 6.44. The number of hydrogen-bond acceptors (Lipinski definition) is 5. The predicted molar refractivity (Wildman–Crippen MR) is 117 cm³/mol. The van der Waals surface area contributed by atoms with E-state index in [-0.39, 0.29) is 40.2 Å². The van der Waals surface area contributed by atoms with Crippen LogP contribution in [0.3, 0.4) is 0 Å². The Morgan fingerprint density at radius 2 is 1.86 bits per heavy atom. The number of anilines is 1. The van der Waals surface area contributed by atoms with Gasteiger partial charge in [0.1, 0.15) is 11.4 Å². The lowest BCUT2D eigenvalue weighted by Gasteiger charge is -2.46. The van der Waals surface area contributed by atoms with E-state index in [2.05, 4.69) is 26.0 Å². The first-order valence-electron chi connectivity index (χ1n) is 11.7. The second kappa shape index (κ2) is 6.84. The normalized spacial score (nSPS) is 26.5. The van der Waals surface area contributed by atoms with E-state index in [0.29, 0.717) is 17.5 Å². The predicted octanol–water partition coefficient (Wildman–Crippen LogP) is 2.97. The maximum absolute atomic E-state index is 13.8. The molecule has 2 amide bonds. The van der Waals surface area contributed by atoms with Crippen molar-refractivity contribution in [2.24, 2.45) is 11.8 Å². The number of ketones is 1. The van der Waals surface area contributed by atoms with Crippen LogP contribution in [-0.2, 0) is 10.3 Å². The molecule has 9 nitrogen and oxygen atoms in total. The highest BCUT2D eigenvalue weighted by Crippen LogP contribution is 2.86. The van der Waals surface area contributed by atoms with Crippen LogP contribution in [-0.4, -0.2) is 43.5 Å². The summed E-state index contributed by atoms with van der Waals surface area (Å²) < 4.78 is 56.4. The van der Waals surface area contributed by atoms with Crippen LogP contribution < -0.4 is 10.6 Å². The standard InChI is InChI=1S/C24H18F4N6O3/c1-8-13(20(35)22(37)31-23(6-24(27,28)7-23)12-5-29-33-32-12)18-14-15-16(14)19(15)34(18)17(8)21(36)30-9-2-3-10(25)11(26)4-9/h2-5,14-16,19H,6-7H2,1H3,(H,30,36)(H,31,37)(H,29,32,33)/t14?,15-,16?,19-/m0/s1. The zero-order valence-electron chi connectivity index (χ0n) is 19.1. The Hall–Kier alpha value is -4.03. The molecule has 2 aromatic heterocycles. The van der Waals surface area contributed by atoms with E-state index in [1.54, 1.807) is 4.57 Å². The smallest absolute Gasteiger partial charge is 0.293 e. The van der Waals surface area contributed by atoms with Crippen LogP contribution in [0.1, 0.15) is 62.6 Å². The van der Waals surface area contributed by atoms with Crippen molar-refractivity contribution in [1.82, 2.24) is 25.3 Å². The molecular weight excluding hydrogens is 496 g/mol. The van der Waals surface area contributed by atoms with Gasteiger partial charge in [0.2, 0.25) is 0 Å². The van der Waals surface area contributed by atoms with Gasteiger partial charge in [0.05, 0.1) is 11.1 Å². The molecule has 190 valence electrons. The molecule has 3 aliphatic carbocycles. The number of H-pyrrole nitrogens is 1. The number of Topliss-reactive ketones (excluding diaryl/α,β-unsaturated/α-hetero) is 1. The fraction of sp³-hybridized carbons (Fsp3) is 0.375. The topological polar surface area (TPSA) is 122 Å². The van der Waals surface area contributed by atoms with Gasteiger partial charge in [0.25, 0.3) is 23.5 Å². The molecule has 0 spiro atoms. The van der Waals surface area contributed by atoms with Crippen molar-refractivity contribution >= 4 is 23.3 Å². The van der Waals surface area contributed by atoms with E-state index in [0.717, 1.165) is 12.1 Å². The number of nitrogens with one attached hydrogen (secondary N) is 3. The molecule has 1 aromatic carbocycles. The zero-order valence-corrected chi connectivity index (χ0v) is 19.1. The second-order valence-corrected chi connectivity index (χ2v) is 10.3. The van der Waals surface area contributed by atoms with Crippen molar-refractivity contribution in [3.63, 3.8) is 0 Å². The van der Waals surface area contributed by atoms with Crippen molar-refractivity contribution in [3.05, 3.63) is 64.2 Å². The minimum absolute atomic E-state index is 0.0302. The SMILES string of the molecule is Cc1c(C(=O)C(=O)NC2(c3c[nH]nn3)CC(F)(F)C2)c2n(c1C(=O)Nc1ccc(F)c(F)c1)[C@@H]1C3C2[C@@H]31. The van der Waals surface area contributed by atoms with E-state index < -0.39 is 53.5 Å². The number of aromatic amines is 1. The molecule has 3 aromatic rings. The molecule has 5 aliphatic rings. The summed E-state index contributed by atoms with van der Waals surface area (Å²) in [6, 6.07) is 2.98. The third-order valence-corrected chi connectivity index (χ3v) is 8.09. The molecule has 3 N–H and O–H groups in total. The Balaban J connectivity index is 1.21. The van der Waals surface area contributed by atoms with Crippen LogP contribution in [0.15, 0.2) is 24.4 Å². The molecule has 13 heteroatoms. The van der Waals surface area contributed by atoms with Crippen molar-refractivity contribution < 1.29 is 31.9 Å². The summed E-state index contributed by atoms with van der Waals surface area (Å²) in [5.74, 6) is -7.21. The largest absolute Gasteiger partial charge is 0.337 e. The molecule has 8 rings (SSSR count). The van der Waals surface area contributed by atoms with Gasteiger partial charge in [-0.25, -0.2) is 17.6 Å². The van der Waals surface area contributed by atoms with E-state index in [1.165, 1.54) is 19.2 Å². The van der Waals surface area contributed by atoms with Crippen LogP contribution in [0, 0.1) is 30.4 Å². The van der Waals surface area contributed by atoms with Crippen LogP contribution in [0.4, 0.5) is 23.2 Å². The van der Waals surface area contributed by atoms with E-state index >= 15 is 0 Å². The van der Waals surface area contributed by atoms with Crippen LogP contribution in [0.25, 0.3) is 0 Å². The first-order valence-corrected chi connectivity index (χ1v) is 11.7. The number of alkyl halides is 2. The lowest BCUT2D eigenvalue weighted by Crippen LogP contribution is -2.61. The molecule has 0 radical (unpaired) electrons. The van der Waals surface area contributed by atoms with E-state index in [9.17, 15) is 31.9 Å². The number of carbonyl (C=O) groups is 3. The molecule has 0 saturated heterocycles. The Bertz CT molecular complexity index is 1530. The van der Waals surface area contributed by atoms with Gasteiger partial charge < -0.3 is 15.2 Å². The minimum Gasteiger partial charge on any atom is -0.337 e. The monoisotopic (exact) mass is 514 g/mol. The highest BCUT2D eigenvalue weighted by atomic mass is 19.3. The first kappa shape index (κ1) is 22.2. The first-order chi connectivity index (χ1) is 17.5. The zero-order chi connectivity index (χ0) is 26.0. The maximum atomic E-state index is 13.8. The number of aromatic nitrogens is 4. The lowest BCUT2D eigenvalue weighted by molar-refractivity contribution is -0.148. The molecule has 3 fully saturated rings. The van der Waals surface area contributed by atoms with Gasteiger partial charge in [-0.05, 0) is 36.5 Å². The van der Waals surface area contributed by atoms with E-state index in [1.807, 2.05) is 0 Å². The summed E-state index contributed by atoms with van der Waals surface area (Å²) in [6.07, 6.45) is -0.162. The number of rotatable bonds is 6. The number of nitrogens with zero attached hydrogens (tertiary/aromatic N) is 3. The molecule has 3 saturated carbocycles. The van der Waals surface area contributed by atoms with Gasteiger partial charge in [0.15, 0.2) is 11.6 Å². The van der Waals surface area contributed by atoms with Crippen molar-refractivity contribution in [2.45, 2.75) is 43.2 Å². The van der Waals surface area contributed by atoms with Crippen LogP contribution in [0.5, 0.6) is 0 Å². The van der Waals surface area contributed by atoms with Gasteiger partial charge in [-0.15, -0.1) is 5.10 Å². The third kappa shape index (κ3) is 2.93. The van der Waals surface area contributed by atoms with Crippen LogP contribution >= 0.6 is 0 Å². The molecule has 2 bridgehead atoms.